The summed E-state index contributed by atoms with van der Waals surface area (Å²) >= 11 is 0. The van der Waals surface area contributed by atoms with Crippen LogP contribution in [0.25, 0.3) is 0 Å². The monoisotopic (exact) mass is 258 g/mol. The summed E-state index contributed by atoms with van der Waals surface area (Å²) in [6.07, 6.45) is 0.473. The Morgan fingerprint density at radius 3 is 2.72 bits per heavy atom. The second-order valence-electron chi connectivity index (χ2n) is 3.87. The average Bonchev–Trinajstić information content (AvgIpc) is 2.31. The van der Waals surface area contributed by atoms with Gasteiger partial charge in [-0.1, -0.05) is 6.92 Å². The number of rotatable bonds is 6. The van der Waals surface area contributed by atoms with Gasteiger partial charge in [-0.05, 0) is 19.1 Å². The first-order chi connectivity index (χ1) is 8.52. The molecule has 0 saturated heterocycles. The predicted octanol–water partition coefficient (Wildman–Crippen LogP) is 3.08. The Bertz CT molecular complexity index is 407. The molecule has 0 saturated carbocycles. The molecule has 3 nitrogen and oxygen atoms in total. The highest BCUT2D eigenvalue weighted by Crippen LogP contribution is 2.18. The van der Waals surface area contributed by atoms with Crippen LogP contribution in [0, 0.1) is 11.6 Å². The van der Waals surface area contributed by atoms with Crippen molar-refractivity contribution in [1.82, 2.24) is 0 Å². The molecule has 18 heavy (non-hydrogen) atoms. The average molecular weight is 258 g/mol. The normalized spacial score (nSPS) is 12.0. The topological polar surface area (TPSA) is 35.5 Å². The number of benzene rings is 1. The molecule has 0 amide bonds. The summed E-state index contributed by atoms with van der Waals surface area (Å²) in [4.78, 5) is 11.0. The molecule has 0 aliphatic heterocycles. The highest BCUT2D eigenvalue weighted by atomic mass is 19.1. The fourth-order valence-corrected chi connectivity index (χ4v) is 1.29. The van der Waals surface area contributed by atoms with Crippen molar-refractivity contribution in [1.29, 1.82) is 0 Å². The molecule has 1 unspecified atom stereocenters. The van der Waals surface area contributed by atoms with Crippen molar-refractivity contribution in [2.45, 2.75) is 32.8 Å². The lowest BCUT2D eigenvalue weighted by Crippen LogP contribution is -2.17. The van der Waals surface area contributed by atoms with Crippen LogP contribution in [0.2, 0.25) is 0 Å². The SMILES string of the molecule is CCC(=O)OC(C)CCOc1ccc(F)cc1F. The van der Waals surface area contributed by atoms with Crippen LogP contribution in [0.3, 0.4) is 0 Å². The predicted molar refractivity (Wildman–Crippen MR) is 62.3 cm³/mol. The van der Waals surface area contributed by atoms with Crippen LogP contribution >= 0.6 is 0 Å². The fraction of sp³-hybridized carbons (Fsp3) is 0.462. The van der Waals surface area contributed by atoms with E-state index in [1.54, 1.807) is 13.8 Å². The van der Waals surface area contributed by atoms with Crippen LogP contribution in [0.4, 0.5) is 8.78 Å². The molecular formula is C13H16F2O3. The molecule has 100 valence electrons. The third-order valence-corrected chi connectivity index (χ3v) is 2.30. The van der Waals surface area contributed by atoms with Gasteiger partial charge in [-0.15, -0.1) is 0 Å². The smallest absolute Gasteiger partial charge is 0.305 e. The Kier molecular flexibility index (Phi) is 5.55. The highest BCUT2D eigenvalue weighted by Gasteiger charge is 2.09. The Morgan fingerprint density at radius 1 is 1.39 bits per heavy atom. The molecule has 1 aromatic carbocycles. The van der Waals surface area contributed by atoms with Gasteiger partial charge in [-0.25, -0.2) is 8.78 Å². The van der Waals surface area contributed by atoms with E-state index in [1.807, 2.05) is 0 Å². The molecule has 0 N–H and O–H groups in total. The van der Waals surface area contributed by atoms with Gasteiger partial charge in [0.15, 0.2) is 11.6 Å². The Balaban J connectivity index is 2.35. The molecule has 0 radical (unpaired) electrons. The third kappa shape index (κ3) is 4.69. The zero-order valence-corrected chi connectivity index (χ0v) is 10.4. The highest BCUT2D eigenvalue weighted by molar-refractivity contribution is 5.69. The molecule has 0 aliphatic rings. The summed E-state index contributed by atoms with van der Waals surface area (Å²) in [6.45, 7) is 3.64. The lowest BCUT2D eigenvalue weighted by atomic mass is 10.3. The number of halogens is 2. The summed E-state index contributed by atoms with van der Waals surface area (Å²) in [7, 11) is 0. The van der Waals surface area contributed by atoms with Crippen LogP contribution in [0.1, 0.15) is 26.7 Å². The molecule has 0 bridgehead atoms. The van der Waals surface area contributed by atoms with Gasteiger partial charge in [-0.2, -0.15) is 0 Å². The van der Waals surface area contributed by atoms with Crippen molar-refractivity contribution in [2.24, 2.45) is 0 Å². The van der Waals surface area contributed by atoms with Crippen LogP contribution in [-0.4, -0.2) is 18.7 Å². The minimum absolute atomic E-state index is 0.00887. The molecule has 0 spiro atoms. The quantitative estimate of drug-likeness (QED) is 0.735. The number of carbonyl (C=O) groups excluding carboxylic acids is 1. The first kappa shape index (κ1) is 14.4. The number of carbonyl (C=O) groups is 1. The van der Waals surface area contributed by atoms with E-state index in [9.17, 15) is 13.6 Å². The van der Waals surface area contributed by atoms with Gasteiger partial charge in [0.25, 0.3) is 0 Å². The molecule has 5 heteroatoms. The molecule has 0 fully saturated rings. The van der Waals surface area contributed by atoms with E-state index >= 15 is 0 Å². The Hall–Kier alpha value is -1.65. The van der Waals surface area contributed by atoms with Crippen LogP contribution in [0.15, 0.2) is 18.2 Å². The van der Waals surface area contributed by atoms with Gasteiger partial charge in [0, 0.05) is 18.9 Å². The van der Waals surface area contributed by atoms with Crippen molar-refractivity contribution in [3.63, 3.8) is 0 Å². The van der Waals surface area contributed by atoms with E-state index in [0.717, 1.165) is 12.1 Å². The van der Waals surface area contributed by atoms with Crippen LogP contribution < -0.4 is 4.74 Å². The van der Waals surface area contributed by atoms with E-state index in [0.29, 0.717) is 12.8 Å². The van der Waals surface area contributed by atoms with Gasteiger partial charge in [0.1, 0.15) is 11.9 Å². The minimum Gasteiger partial charge on any atom is -0.490 e. The number of hydrogen-bond donors (Lipinski definition) is 0. The second kappa shape index (κ2) is 6.93. The van der Waals surface area contributed by atoms with E-state index < -0.39 is 11.6 Å². The van der Waals surface area contributed by atoms with Gasteiger partial charge in [-0.3, -0.25) is 4.79 Å². The standard InChI is InChI=1S/C13H16F2O3/c1-3-13(16)18-9(2)6-7-17-12-5-4-10(14)8-11(12)15/h4-5,8-9H,3,6-7H2,1-2H3. The molecular weight excluding hydrogens is 242 g/mol. The summed E-state index contributed by atoms with van der Waals surface area (Å²) in [5.74, 6) is -1.68. The van der Waals surface area contributed by atoms with E-state index in [-0.39, 0.29) is 24.4 Å². The lowest BCUT2D eigenvalue weighted by Gasteiger charge is -2.13. The summed E-state index contributed by atoms with van der Waals surface area (Å²) in [5.41, 5.74) is 0. The minimum atomic E-state index is -0.742. The molecule has 0 heterocycles. The summed E-state index contributed by atoms with van der Waals surface area (Å²) in [5, 5.41) is 0. The van der Waals surface area contributed by atoms with E-state index in [4.69, 9.17) is 9.47 Å². The first-order valence-electron chi connectivity index (χ1n) is 5.80. The van der Waals surface area contributed by atoms with Crippen molar-refractivity contribution in [3.8, 4) is 5.75 Å². The number of ether oxygens (including phenoxy) is 2. The Labute approximate surface area is 105 Å². The van der Waals surface area contributed by atoms with Crippen molar-refractivity contribution >= 4 is 5.97 Å². The second-order valence-corrected chi connectivity index (χ2v) is 3.87. The molecule has 1 atom stereocenters. The van der Waals surface area contributed by atoms with Crippen LogP contribution in [0.5, 0.6) is 5.75 Å². The largest absolute Gasteiger partial charge is 0.490 e. The van der Waals surface area contributed by atoms with Crippen LogP contribution in [-0.2, 0) is 9.53 Å². The van der Waals surface area contributed by atoms with E-state index in [1.165, 1.54) is 6.07 Å². The maximum Gasteiger partial charge on any atom is 0.305 e. The summed E-state index contributed by atoms with van der Waals surface area (Å²) in [6, 6.07) is 3.11. The van der Waals surface area contributed by atoms with Crippen molar-refractivity contribution in [3.05, 3.63) is 29.8 Å². The first-order valence-corrected chi connectivity index (χ1v) is 5.80. The molecule has 1 aromatic rings. The lowest BCUT2D eigenvalue weighted by molar-refractivity contribution is -0.148. The zero-order chi connectivity index (χ0) is 13.5. The number of hydrogen-bond acceptors (Lipinski definition) is 3. The maximum absolute atomic E-state index is 13.2. The van der Waals surface area contributed by atoms with Gasteiger partial charge in [0.05, 0.1) is 6.61 Å². The van der Waals surface area contributed by atoms with Gasteiger partial charge < -0.3 is 9.47 Å². The summed E-state index contributed by atoms with van der Waals surface area (Å²) < 4.78 is 36.0. The Morgan fingerprint density at radius 2 is 2.11 bits per heavy atom. The van der Waals surface area contributed by atoms with Crippen molar-refractivity contribution in [2.75, 3.05) is 6.61 Å². The van der Waals surface area contributed by atoms with Gasteiger partial charge in [0.2, 0.25) is 0 Å². The zero-order valence-electron chi connectivity index (χ0n) is 10.4. The van der Waals surface area contributed by atoms with Gasteiger partial charge >= 0.3 is 5.97 Å². The molecule has 1 rings (SSSR count). The maximum atomic E-state index is 13.2. The van der Waals surface area contributed by atoms with Crippen molar-refractivity contribution < 1.29 is 23.0 Å². The molecule has 0 aromatic heterocycles. The molecule has 0 aliphatic carbocycles. The third-order valence-electron chi connectivity index (χ3n) is 2.30. The number of esters is 1. The van der Waals surface area contributed by atoms with E-state index in [2.05, 4.69) is 0 Å². The fourth-order valence-electron chi connectivity index (χ4n) is 1.29.